The number of thiol groups is 1. The average Bonchev–Trinajstić information content (AvgIpc) is 2.61. The maximum atomic E-state index is 11.0. The van der Waals surface area contributed by atoms with Crippen molar-refractivity contribution in [3.8, 4) is 6.07 Å². The van der Waals surface area contributed by atoms with Gasteiger partial charge in [-0.05, 0) is 12.5 Å². The third kappa shape index (κ3) is 3.14. The van der Waals surface area contributed by atoms with Crippen molar-refractivity contribution in [3.05, 3.63) is 81.1 Å². The third-order valence-corrected chi connectivity index (χ3v) is 4.83. The third-order valence-electron chi connectivity index (χ3n) is 4.47. The molecule has 0 bridgehead atoms. The number of nitro benzene ring substituents is 1. The standard InChI is InChI=1S/C18H16N4O3S/c1-18(23)16(21-9-3-2-4-10-21)15(14(11-19)17(26)20-18)12-5-7-13(8-6-12)22(24)25/h2-10,15-16,20,23H,1H3/p+1. The SMILES string of the molecule is CC1(O)NC(S)=C(C#N)C(c2ccc([N+](=O)[O-])cc2)C1[n+]1ccccc1. The monoisotopic (exact) mass is 369 g/mol. The van der Waals surface area contributed by atoms with Gasteiger partial charge in [-0.2, -0.15) is 9.83 Å². The van der Waals surface area contributed by atoms with Crippen LogP contribution >= 0.6 is 12.6 Å². The molecule has 2 aromatic rings. The minimum Gasteiger partial charge on any atom is -0.366 e. The minimum atomic E-state index is -1.39. The summed E-state index contributed by atoms with van der Waals surface area (Å²) in [6, 6.07) is 13.1. The molecule has 26 heavy (non-hydrogen) atoms. The Morgan fingerprint density at radius 3 is 2.46 bits per heavy atom. The Balaban J connectivity index is 2.19. The molecule has 0 radical (unpaired) electrons. The Hall–Kier alpha value is -2.89. The first-order valence-corrected chi connectivity index (χ1v) is 8.34. The number of non-ortho nitro benzene ring substituents is 1. The fourth-order valence-electron chi connectivity index (χ4n) is 3.35. The average molecular weight is 369 g/mol. The van der Waals surface area contributed by atoms with Crippen molar-refractivity contribution in [2.24, 2.45) is 0 Å². The van der Waals surface area contributed by atoms with E-state index in [9.17, 15) is 20.5 Å². The predicted octanol–water partition coefficient (Wildman–Crippen LogP) is 2.18. The molecule has 8 heteroatoms. The summed E-state index contributed by atoms with van der Waals surface area (Å²) < 4.78 is 1.82. The van der Waals surface area contributed by atoms with Crippen LogP contribution in [-0.2, 0) is 0 Å². The summed E-state index contributed by atoms with van der Waals surface area (Å²) in [6.45, 7) is 1.61. The number of nitro groups is 1. The van der Waals surface area contributed by atoms with Gasteiger partial charge in [0.25, 0.3) is 5.69 Å². The minimum absolute atomic E-state index is 0.0352. The number of hydrogen-bond donors (Lipinski definition) is 3. The largest absolute Gasteiger partial charge is 0.366 e. The highest BCUT2D eigenvalue weighted by Gasteiger charge is 2.51. The van der Waals surface area contributed by atoms with Crippen molar-refractivity contribution in [3.63, 3.8) is 0 Å². The topological polar surface area (TPSA) is 103 Å². The van der Waals surface area contributed by atoms with E-state index in [1.807, 2.05) is 22.8 Å². The smallest absolute Gasteiger partial charge is 0.269 e. The van der Waals surface area contributed by atoms with E-state index in [1.165, 1.54) is 12.1 Å². The van der Waals surface area contributed by atoms with E-state index >= 15 is 0 Å². The molecule has 3 atom stereocenters. The lowest BCUT2D eigenvalue weighted by molar-refractivity contribution is -0.741. The maximum absolute atomic E-state index is 11.0. The second-order valence-electron chi connectivity index (χ2n) is 6.24. The second-order valence-corrected chi connectivity index (χ2v) is 6.69. The van der Waals surface area contributed by atoms with Crippen LogP contribution in [0.25, 0.3) is 0 Å². The van der Waals surface area contributed by atoms with Crippen LogP contribution in [0.2, 0.25) is 0 Å². The van der Waals surface area contributed by atoms with Crippen LogP contribution in [0.1, 0.15) is 24.4 Å². The van der Waals surface area contributed by atoms with Crippen molar-refractivity contribution < 1.29 is 14.6 Å². The predicted molar refractivity (Wildman–Crippen MR) is 96.9 cm³/mol. The van der Waals surface area contributed by atoms with Crippen LogP contribution in [0.4, 0.5) is 5.69 Å². The number of nitriles is 1. The Kier molecular flexibility index (Phi) is 4.68. The summed E-state index contributed by atoms with van der Waals surface area (Å²) in [5.41, 5.74) is -0.389. The number of allylic oxidation sites excluding steroid dienone is 1. The molecule has 3 rings (SSSR count). The van der Waals surface area contributed by atoms with Crippen LogP contribution in [-0.4, -0.2) is 15.8 Å². The molecule has 0 saturated carbocycles. The Labute approximate surface area is 155 Å². The molecule has 0 aliphatic carbocycles. The Bertz CT molecular complexity index is 904. The summed E-state index contributed by atoms with van der Waals surface area (Å²) in [5.74, 6) is -0.531. The normalized spacial score (nSPS) is 25.3. The zero-order chi connectivity index (χ0) is 18.9. The van der Waals surface area contributed by atoms with Gasteiger partial charge in [-0.25, -0.2) is 0 Å². The molecule has 132 valence electrons. The number of hydrogen-bond acceptors (Lipinski definition) is 6. The van der Waals surface area contributed by atoms with E-state index in [4.69, 9.17) is 0 Å². The highest BCUT2D eigenvalue weighted by molar-refractivity contribution is 7.84. The van der Waals surface area contributed by atoms with Gasteiger partial charge in [-0.15, -0.1) is 12.6 Å². The first-order chi connectivity index (χ1) is 12.3. The van der Waals surface area contributed by atoms with Crippen molar-refractivity contribution >= 4 is 18.3 Å². The van der Waals surface area contributed by atoms with Crippen LogP contribution in [0, 0.1) is 21.4 Å². The lowest BCUT2D eigenvalue weighted by atomic mass is 9.78. The molecule has 2 heterocycles. The molecule has 1 aliphatic rings. The van der Waals surface area contributed by atoms with Gasteiger partial charge in [0.1, 0.15) is 0 Å². The van der Waals surface area contributed by atoms with Gasteiger partial charge in [0.15, 0.2) is 18.1 Å². The number of nitrogens with one attached hydrogen (secondary N) is 1. The van der Waals surface area contributed by atoms with E-state index in [-0.39, 0.29) is 10.7 Å². The zero-order valence-corrected chi connectivity index (χ0v) is 14.8. The van der Waals surface area contributed by atoms with Gasteiger partial charge < -0.3 is 10.4 Å². The molecular formula is C18H17N4O3S+. The van der Waals surface area contributed by atoms with Crippen molar-refractivity contribution in [1.29, 1.82) is 5.26 Å². The lowest BCUT2D eigenvalue weighted by Crippen LogP contribution is -2.62. The van der Waals surface area contributed by atoms with Gasteiger partial charge in [-0.1, -0.05) is 18.2 Å². The molecule has 3 unspecified atom stereocenters. The molecule has 0 spiro atoms. The van der Waals surface area contributed by atoms with Gasteiger partial charge in [0.2, 0.25) is 6.04 Å². The van der Waals surface area contributed by atoms with Crippen LogP contribution in [0.5, 0.6) is 0 Å². The van der Waals surface area contributed by atoms with E-state index in [2.05, 4.69) is 24.0 Å². The molecule has 0 saturated heterocycles. The van der Waals surface area contributed by atoms with Crippen LogP contribution < -0.4 is 9.88 Å². The molecule has 0 amide bonds. The van der Waals surface area contributed by atoms with Gasteiger partial charge in [0.05, 0.1) is 27.5 Å². The number of aliphatic hydroxyl groups is 1. The fourth-order valence-corrected chi connectivity index (χ4v) is 3.76. The number of aromatic nitrogens is 1. The summed E-state index contributed by atoms with van der Waals surface area (Å²) in [7, 11) is 0. The van der Waals surface area contributed by atoms with Gasteiger partial charge in [0, 0.05) is 24.3 Å². The fraction of sp³-hybridized carbons (Fsp3) is 0.222. The first kappa shape index (κ1) is 17.9. The number of pyridine rings is 1. The highest BCUT2D eigenvalue weighted by Crippen LogP contribution is 2.43. The number of benzene rings is 1. The second kappa shape index (κ2) is 6.78. The van der Waals surface area contributed by atoms with Crippen molar-refractivity contribution in [2.45, 2.75) is 24.6 Å². The quantitative estimate of drug-likeness (QED) is 0.333. The molecule has 1 aliphatic heterocycles. The van der Waals surface area contributed by atoms with E-state index < -0.39 is 22.6 Å². The van der Waals surface area contributed by atoms with E-state index in [0.29, 0.717) is 11.1 Å². The van der Waals surface area contributed by atoms with Crippen LogP contribution in [0.3, 0.4) is 0 Å². The lowest BCUT2D eigenvalue weighted by Gasteiger charge is -2.39. The van der Waals surface area contributed by atoms with E-state index in [0.717, 1.165) is 0 Å². The summed E-state index contributed by atoms with van der Waals surface area (Å²) in [6.07, 6.45) is 3.61. The molecule has 1 aromatic heterocycles. The van der Waals surface area contributed by atoms with Crippen LogP contribution in [0.15, 0.2) is 65.5 Å². The number of nitrogens with zero attached hydrogens (tertiary/aromatic N) is 3. The van der Waals surface area contributed by atoms with Gasteiger partial charge >= 0.3 is 0 Å². The molecule has 7 nitrogen and oxygen atoms in total. The molecule has 2 N–H and O–H groups in total. The van der Waals surface area contributed by atoms with E-state index in [1.54, 1.807) is 31.5 Å². The number of rotatable bonds is 3. The molecule has 0 fully saturated rings. The van der Waals surface area contributed by atoms with Crippen molar-refractivity contribution in [1.82, 2.24) is 5.32 Å². The summed E-state index contributed by atoms with van der Waals surface area (Å²) >= 11 is 4.33. The zero-order valence-electron chi connectivity index (χ0n) is 13.9. The summed E-state index contributed by atoms with van der Waals surface area (Å²) in [5, 5.41) is 34.8. The highest BCUT2D eigenvalue weighted by atomic mass is 32.1. The Morgan fingerprint density at radius 2 is 1.92 bits per heavy atom. The molecule has 1 aromatic carbocycles. The Morgan fingerprint density at radius 1 is 1.31 bits per heavy atom. The maximum Gasteiger partial charge on any atom is 0.269 e. The first-order valence-electron chi connectivity index (χ1n) is 7.89. The molecular weight excluding hydrogens is 352 g/mol. The van der Waals surface area contributed by atoms with Gasteiger partial charge in [-0.3, -0.25) is 10.1 Å². The van der Waals surface area contributed by atoms with Crippen molar-refractivity contribution in [2.75, 3.05) is 0 Å². The summed E-state index contributed by atoms with van der Waals surface area (Å²) in [4.78, 5) is 10.5.